The molecule has 1 unspecified atom stereocenters. The predicted octanol–water partition coefficient (Wildman–Crippen LogP) is 4.11. The Labute approximate surface area is 104 Å². The summed E-state index contributed by atoms with van der Waals surface area (Å²) in [6.45, 7) is 2.22. The Bertz CT molecular complexity index is 329. The fourth-order valence-corrected chi connectivity index (χ4v) is 2.50. The van der Waals surface area contributed by atoms with Crippen molar-refractivity contribution in [2.24, 2.45) is 0 Å². The van der Waals surface area contributed by atoms with Crippen LogP contribution in [0.5, 0.6) is 5.75 Å². The van der Waals surface area contributed by atoms with Crippen molar-refractivity contribution in [3.63, 3.8) is 0 Å². The third kappa shape index (κ3) is 3.22. The number of methoxy groups -OCH3 is 1. The van der Waals surface area contributed by atoms with Crippen molar-refractivity contribution in [2.75, 3.05) is 7.11 Å². The molecular formula is C15H22O2. The van der Waals surface area contributed by atoms with Crippen molar-refractivity contribution >= 4 is 0 Å². The number of benzene rings is 1. The van der Waals surface area contributed by atoms with Crippen LogP contribution in [-0.2, 0) is 4.74 Å². The molecule has 1 aromatic carbocycles. The molecule has 1 aliphatic rings. The van der Waals surface area contributed by atoms with Gasteiger partial charge in [0.25, 0.3) is 0 Å². The first kappa shape index (κ1) is 12.4. The van der Waals surface area contributed by atoms with E-state index in [0.29, 0.717) is 6.10 Å². The minimum absolute atomic E-state index is 0.284. The average Bonchev–Trinajstić information content (AvgIpc) is 2.40. The lowest BCUT2D eigenvalue weighted by Gasteiger charge is -2.30. The van der Waals surface area contributed by atoms with E-state index in [4.69, 9.17) is 9.47 Å². The number of ether oxygens (including phenoxy) is 2. The van der Waals surface area contributed by atoms with Crippen LogP contribution in [0.4, 0.5) is 0 Å². The molecule has 1 heterocycles. The zero-order valence-corrected chi connectivity index (χ0v) is 10.8. The zero-order valence-electron chi connectivity index (χ0n) is 10.8. The van der Waals surface area contributed by atoms with E-state index in [9.17, 15) is 0 Å². The first-order valence-electron chi connectivity index (χ1n) is 6.63. The lowest BCUT2D eigenvalue weighted by atomic mass is 9.96. The van der Waals surface area contributed by atoms with Gasteiger partial charge in [0.2, 0.25) is 0 Å². The van der Waals surface area contributed by atoms with Crippen LogP contribution in [0, 0.1) is 0 Å². The quantitative estimate of drug-likeness (QED) is 0.780. The first-order chi connectivity index (χ1) is 8.33. The Morgan fingerprint density at radius 3 is 2.65 bits per heavy atom. The molecule has 0 aromatic heterocycles. The Hall–Kier alpha value is -1.02. The molecule has 0 saturated carbocycles. The smallest absolute Gasteiger partial charge is 0.118 e. The van der Waals surface area contributed by atoms with Crippen LogP contribution >= 0.6 is 0 Å². The van der Waals surface area contributed by atoms with Crippen LogP contribution in [0.2, 0.25) is 0 Å². The van der Waals surface area contributed by atoms with Crippen LogP contribution in [0.25, 0.3) is 0 Å². The summed E-state index contributed by atoms with van der Waals surface area (Å²) in [6, 6.07) is 8.28. The fraction of sp³-hybridized carbons (Fsp3) is 0.600. The molecule has 94 valence electrons. The fourth-order valence-electron chi connectivity index (χ4n) is 2.50. The highest BCUT2D eigenvalue weighted by Crippen LogP contribution is 2.33. The van der Waals surface area contributed by atoms with E-state index in [1.54, 1.807) is 7.11 Å². The standard InChI is InChI=1S/C15H22O2/c1-3-5-14-6-4-7-15(17-14)12-8-10-13(16-2)11-9-12/h8-11,14-15H,3-7H2,1-2H3/t14-,15?/m0/s1. The Kier molecular flexibility index (Phi) is 4.43. The van der Waals surface area contributed by atoms with Gasteiger partial charge >= 0.3 is 0 Å². The Morgan fingerprint density at radius 1 is 1.24 bits per heavy atom. The molecule has 0 radical (unpaired) electrons. The second-order valence-corrected chi connectivity index (χ2v) is 4.74. The van der Waals surface area contributed by atoms with Gasteiger partial charge in [0, 0.05) is 0 Å². The Balaban J connectivity index is 2.00. The van der Waals surface area contributed by atoms with Gasteiger partial charge < -0.3 is 9.47 Å². The number of rotatable bonds is 4. The summed E-state index contributed by atoms with van der Waals surface area (Å²) in [4.78, 5) is 0. The molecule has 0 spiro atoms. The molecule has 2 rings (SSSR count). The van der Waals surface area contributed by atoms with Crippen LogP contribution in [0.1, 0.15) is 50.7 Å². The van der Waals surface area contributed by atoms with E-state index in [-0.39, 0.29) is 6.10 Å². The molecule has 0 aliphatic carbocycles. The molecule has 0 amide bonds. The summed E-state index contributed by atoms with van der Waals surface area (Å²) in [5, 5.41) is 0. The van der Waals surface area contributed by atoms with Crippen LogP contribution in [0.15, 0.2) is 24.3 Å². The summed E-state index contributed by atoms with van der Waals surface area (Å²) in [6.07, 6.45) is 6.79. The van der Waals surface area contributed by atoms with Crippen molar-refractivity contribution in [3.05, 3.63) is 29.8 Å². The summed E-state index contributed by atoms with van der Waals surface area (Å²) >= 11 is 0. The van der Waals surface area contributed by atoms with E-state index in [0.717, 1.165) is 12.2 Å². The maximum Gasteiger partial charge on any atom is 0.118 e. The lowest BCUT2D eigenvalue weighted by molar-refractivity contribution is -0.0550. The second kappa shape index (κ2) is 6.06. The van der Waals surface area contributed by atoms with Gasteiger partial charge in [-0.2, -0.15) is 0 Å². The van der Waals surface area contributed by atoms with Crippen molar-refractivity contribution in [3.8, 4) is 5.75 Å². The van der Waals surface area contributed by atoms with Crippen molar-refractivity contribution in [2.45, 2.75) is 51.2 Å². The molecule has 2 nitrogen and oxygen atoms in total. The van der Waals surface area contributed by atoms with Gasteiger partial charge in [-0.3, -0.25) is 0 Å². The van der Waals surface area contributed by atoms with Gasteiger partial charge in [-0.1, -0.05) is 25.5 Å². The average molecular weight is 234 g/mol. The molecular weight excluding hydrogens is 212 g/mol. The summed E-state index contributed by atoms with van der Waals surface area (Å²) in [5.41, 5.74) is 1.28. The summed E-state index contributed by atoms with van der Waals surface area (Å²) in [7, 11) is 1.70. The van der Waals surface area contributed by atoms with Gasteiger partial charge in [-0.15, -0.1) is 0 Å². The SMILES string of the molecule is CCC[C@H]1CCCC(c2ccc(OC)cc2)O1. The first-order valence-corrected chi connectivity index (χ1v) is 6.63. The van der Waals surface area contributed by atoms with E-state index >= 15 is 0 Å². The number of hydrogen-bond acceptors (Lipinski definition) is 2. The molecule has 1 aliphatic heterocycles. The third-order valence-corrected chi connectivity index (χ3v) is 3.45. The minimum atomic E-state index is 0.284. The molecule has 1 saturated heterocycles. The monoisotopic (exact) mass is 234 g/mol. The van der Waals surface area contributed by atoms with Crippen LogP contribution in [-0.4, -0.2) is 13.2 Å². The van der Waals surface area contributed by atoms with Crippen LogP contribution in [0.3, 0.4) is 0 Å². The molecule has 0 N–H and O–H groups in total. The molecule has 1 fully saturated rings. The van der Waals surface area contributed by atoms with E-state index in [2.05, 4.69) is 19.1 Å². The Morgan fingerprint density at radius 2 is 2.00 bits per heavy atom. The van der Waals surface area contributed by atoms with E-state index in [1.165, 1.54) is 31.2 Å². The topological polar surface area (TPSA) is 18.5 Å². The van der Waals surface area contributed by atoms with Crippen LogP contribution < -0.4 is 4.74 Å². The van der Waals surface area contributed by atoms with Gasteiger partial charge in [0.1, 0.15) is 5.75 Å². The maximum atomic E-state index is 6.15. The normalized spacial score (nSPS) is 24.6. The summed E-state index contributed by atoms with van der Waals surface area (Å²) in [5.74, 6) is 0.912. The van der Waals surface area contributed by atoms with Crippen molar-refractivity contribution < 1.29 is 9.47 Å². The van der Waals surface area contributed by atoms with Gasteiger partial charge in [-0.05, 0) is 43.4 Å². The predicted molar refractivity (Wildman–Crippen MR) is 69.4 cm³/mol. The molecule has 0 bridgehead atoms. The molecule has 2 atom stereocenters. The van der Waals surface area contributed by atoms with Gasteiger partial charge in [0.05, 0.1) is 19.3 Å². The highest BCUT2D eigenvalue weighted by atomic mass is 16.5. The molecule has 17 heavy (non-hydrogen) atoms. The highest BCUT2D eigenvalue weighted by molar-refractivity contribution is 5.28. The largest absolute Gasteiger partial charge is 0.497 e. The molecule has 1 aromatic rings. The van der Waals surface area contributed by atoms with Gasteiger partial charge in [-0.25, -0.2) is 0 Å². The van der Waals surface area contributed by atoms with E-state index < -0.39 is 0 Å². The molecule has 2 heteroatoms. The minimum Gasteiger partial charge on any atom is -0.497 e. The summed E-state index contributed by atoms with van der Waals surface area (Å²) < 4.78 is 11.3. The maximum absolute atomic E-state index is 6.15. The zero-order chi connectivity index (χ0) is 12.1. The lowest BCUT2D eigenvalue weighted by Crippen LogP contribution is -2.22. The second-order valence-electron chi connectivity index (χ2n) is 4.74. The van der Waals surface area contributed by atoms with Crippen molar-refractivity contribution in [1.82, 2.24) is 0 Å². The van der Waals surface area contributed by atoms with Gasteiger partial charge in [0.15, 0.2) is 0 Å². The third-order valence-electron chi connectivity index (χ3n) is 3.45. The van der Waals surface area contributed by atoms with E-state index in [1.807, 2.05) is 12.1 Å². The highest BCUT2D eigenvalue weighted by Gasteiger charge is 2.22. The number of hydrogen-bond donors (Lipinski definition) is 0. The van der Waals surface area contributed by atoms with Crippen molar-refractivity contribution in [1.29, 1.82) is 0 Å².